The molecule has 0 aliphatic rings. The number of aromatic nitrogens is 6. The number of H-pyrrole nitrogens is 2. The zero-order valence-corrected chi connectivity index (χ0v) is 11.3. The summed E-state index contributed by atoms with van der Waals surface area (Å²) in [6, 6.07) is 13.2. The Labute approximate surface area is 124 Å². The fourth-order valence-corrected chi connectivity index (χ4v) is 2.42. The van der Waals surface area contributed by atoms with Crippen molar-refractivity contribution < 1.29 is 0 Å². The molecule has 0 saturated heterocycles. The lowest BCUT2D eigenvalue weighted by Gasteiger charge is -2.06. The summed E-state index contributed by atoms with van der Waals surface area (Å²) in [5, 5.41) is 14.3. The average molecular weight is 290 g/mol. The SMILES string of the molecule is O=c1[nH]c(-c2ccnc3ccccc23)ccc1-c1nnn[nH]1. The number of aromatic amines is 2. The Balaban J connectivity index is 1.90. The monoisotopic (exact) mass is 290 g/mol. The molecule has 7 nitrogen and oxygen atoms in total. The van der Waals surface area contributed by atoms with E-state index in [0.717, 1.165) is 22.2 Å². The summed E-state index contributed by atoms with van der Waals surface area (Å²) < 4.78 is 0. The third-order valence-corrected chi connectivity index (χ3v) is 3.45. The first-order valence-electron chi connectivity index (χ1n) is 6.64. The molecule has 106 valence electrons. The molecule has 0 fully saturated rings. The second kappa shape index (κ2) is 4.88. The first-order chi connectivity index (χ1) is 10.8. The van der Waals surface area contributed by atoms with Crippen molar-refractivity contribution in [1.82, 2.24) is 30.6 Å². The maximum absolute atomic E-state index is 12.3. The number of benzene rings is 1. The highest BCUT2D eigenvalue weighted by molar-refractivity contribution is 5.93. The number of fused-ring (bicyclic) bond motifs is 1. The normalized spacial score (nSPS) is 10.9. The molecule has 3 aromatic heterocycles. The summed E-state index contributed by atoms with van der Waals surface area (Å²) in [5.74, 6) is 0.340. The van der Waals surface area contributed by atoms with E-state index in [2.05, 4.69) is 30.6 Å². The lowest BCUT2D eigenvalue weighted by Crippen LogP contribution is -2.10. The highest BCUT2D eigenvalue weighted by Crippen LogP contribution is 2.25. The number of pyridine rings is 2. The van der Waals surface area contributed by atoms with E-state index >= 15 is 0 Å². The fraction of sp³-hybridized carbons (Fsp3) is 0. The van der Waals surface area contributed by atoms with Gasteiger partial charge < -0.3 is 4.98 Å². The lowest BCUT2D eigenvalue weighted by molar-refractivity contribution is 0.881. The van der Waals surface area contributed by atoms with Gasteiger partial charge in [-0.3, -0.25) is 9.78 Å². The highest BCUT2D eigenvalue weighted by Gasteiger charge is 2.10. The Morgan fingerprint density at radius 1 is 0.955 bits per heavy atom. The zero-order chi connectivity index (χ0) is 14.9. The van der Waals surface area contributed by atoms with E-state index in [0.29, 0.717) is 11.4 Å². The smallest absolute Gasteiger partial charge is 0.259 e. The molecule has 4 aromatic rings. The van der Waals surface area contributed by atoms with Crippen LogP contribution in [0, 0.1) is 0 Å². The van der Waals surface area contributed by atoms with Crippen LogP contribution in [0.1, 0.15) is 0 Å². The molecule has 0 saturated carbocycles. The number of tetrazole rings is 1. The van der Waals surface area contributed by atoms with Crippen LogP contribution in [0.5, 0.6) is 0 Å². The standard InChI is InChI=1S/C15H10N6O/c22-15-11(14-18-20-21-19-14)5-6-13(17-15)10-7-8-16-12-4-2-1-3-9(10)12/h1-8H,(H,17,22)(H,18,19,20,21). The van der Waals surface area contributed by atoms with Gasteiger partial charge in [-0.2, -0.15) is 0 Å². The van der Waals surface area contributed by atoms with E-state index in [4.69, 9.17) is 0 Å². The van der Waals surface area contributed by atoms with Crippen molar-refractivity contribution in [1.29, 1.82) is 0 Å². The van der Waals surface area contributed by atoms with Crippen molar-refractivity contribution in [3.63, 3.8) is 0 Å². The minimum Gasteiger partial charge on any atom is -0.321 e. The van der Waals surface area contributed by atoms with Gasteiger partial charge >= 0.3 is 0 Å². The van der Waals surface area contributed by atoms with Crippen molar-refractivity contribution in [2.24, 2.45) is 0 Å². The number of nitrogens with one attached hydrogen (secondary N) is 2. The van der Waals surface area contributed by atoms with Crippen LogP contribution in [0.25, 0.3) is 33.5 Å². The van der Waals surface area contributed by atoms with Gasteiger partial charge in [-0.25, -0.2) is 5.10 Å². The van der Waals surface area contributed by atoms with E-state index in [1.165, 1.54) is 0 Å². The summed E-state index contributed by atoms with van der Waals surface area (Å²) in [5.41, 5.74) is 2.66. The molecule has 1 aromatic carbocycles. The molecular weight excluding hydrogens is 280 g/mol. The highest BCUT2D eigenvalue weighted by atomic mass is 16.1. The Hall–Kier alpha value is -3.35. The summed E-state index contributed by atoms with van der Waals surface area (Å²) >= 11 is 0. The van der Waals surface area contributed by atoms with E-state index in [9.17, 15) is 4.79 Å². The van der Waals surface area contributed by atoms with Crippen LogP contribution < -0.4 is 5.56 Å². The van der Waals surface area contributed by atoms with Crippen LogP contribution in [0.3, 0.4) is 0 Å². The largest absolute Gasteiger partial charge is 0.321 e. The second-order valence-electron chi connectivity index (χ2n) is 4.74. The Morgan fingerprint density at radius 2 is 1.86 bits per heavy atom. The molecule has 0 bridgehead atoms. The number of hydrogen-bond donors (Lipinski definition) is 2. The minimum atomic E-state index is -0.253. The molecule has 22 heavy (non-hydrogen) atoms. The van der Waals surface area contributed by atoms with Gasteiger partial charge in [-0.05, 0) is 34.7 Å². The molecule has 4 rings (SSSR count). The van der Waals surface area contributed by atoms with Crippen LogP contribution in [-0.2, 0) is 0 Å². The van der Waals surface area contributed by atoms with Gasteiger partial charge in [0.25, 0.3) is 5.56 Å². The number of hydrogen-bond acceptors (Lipinski definition) is 5. The molecular formula is C15H10N6O. The van der Waals surface area contributed by atoms with Gasteiger partial charge in [-0.15, -0.1) is 5.10 Å². The van der Waals surface area contributed by atoms with Gasteiger partial charge in [0, 0.05) is 22.8 Å². The predicted molar refractivity (Wildman–Crippen MR) is 81.0 cm³/mol. The Morgan fingerprint density at radius 3 is 2.68 bits per heavy atom. The molecule has 2 N–H and O–H groups in total. The zero-order valence-electron chi connectivity index (χ0n) is 11.3. The van der Waals surface area contributed by atoms with E-state index in [-0.39, 0.29) is 5.56 Å². The summed E-state index contributed by atoms with van der Waals surface area (Å²) in [6.45, 7) is 0. The molecule has 0 unspecified atom stereocenters. The first kappa shape index (κ1) is 12.4. The van der Waals surface area contributed by atoms with Gasteiger partial charge in [0.1, 0.15) is 0 Å². The fourth-order valence-electron chi connectivity index (χ4n) is 2.42. The van der Waals surface area contributed by atoms with Crippen molar-refractivity contribution >= 4 is 10.9 Å². The number of rotatable bonds is 2. The second-order valence-corrected chi connectivity index (χ2v) is 4.74. The molecule has 7 heteroatoms. The van der Waals surface area contributed by atoms with Crippen LogP contribution >= 0.6 is 0 Å². The molecule has 0 radical (unpaired) electrons. The van der Waals surface area contributed by atoms with E-state index < -0.39 is 0 Å². The summed E-state index contributed by atoms with van der Waals surface area (Å²) in [4.78, 5) is 19.5. The maximum Gasteiger partial charge on any atom is 0.259 e. The average Bonchev–Trinajstić information content (AvgIpc) is 3.08. The number of nitrogens with zero attached hydrogens (tertiary/aromatic N) is 4. The van der Waals surface area contributed by atoms with Gasteiger partial charge in [0.15, 0.2) is 5.82 Å². The van der Waals surface area contributed by atoms with Crippen LogP contribution in [0.4, 0.5) is 0 Å². The molecule has 0 atom stereocenters. The molecule has 0 spiro atoms. The minimum absolute atomic E-state index is 0.253. The van der Waals surface area contributed by atoms with Crippen LogP contribution in [-0.4, -0.2) is 30.6 Å². The summed E-state index contributed by atoms with van der Waals surface area (Å²) in [7, 11) is 0. The Bertz CT molecular complexity index is 1000. The van der Waals surface area contributed by atoms with Gasteiger partial charge in [-0.1, -0.05) is 18.2 Å². The van der Waals surface area contributed by atoms with E-state index in [1.807, 2.05) is 36.4 Å². The maximum atomic E-state index is 12.3. The first-order valence-corrected chi connectivity index (χ1v) is 6.64. The molecule has 0 amide bonds. The van der Waals surface area contributed by atoms with Crippen LogP contribution in [0.15, 0.2) is 53.5 Å². The molecule has 0 aliphatic carbocycles. The molecule has 3 heterocycles. The van der Waals surface area contributed by atoms with Crippen molar-refractivity contribution in [3.8, 4) is 22.6 Å². The van der Waals surface area contributed by atoms with Gasteiger partial charge in [0.05, 0.1) is 11.1 Å². The topological polar surface area (TPSA) is 100 Å². The quantitative estimate of drug-likeness (QED) is 0.586. The third-order valence-electron chi connectivity index (χ3n) is 3.45. The predicted octanol–water partition coefficient (Wildman–Crippen LogP) is 1.77. The molecule has 0 aliphatic heterocycles. The van der Waals surface area contributed by atoms with Crippen molar-refractivity contribution in [2.45, 2.75) is 0 Å². The lowest BCUT2D eigenvalue weighted by atomic mass is 10.1. The Kier molecular flexibility index (Phi) is 2.75. The van der Waals surface area contributed by atoms with E-state index in [1.54, 1.807) is 12.3 Å². The summed E-state index contributed by atoms with van der Waals surface area (Å²) in [6.07, 6.45) is 1.73. The van der Waals surface area contributed by atoms with Crippen molar-refractivity contribution in [3.05, 3.63) is 59.0 Å². The van der Waals surface area contributed by atoms with Crippen LogP contribution in [0.2, 0.25) is 0 Å². The number of para-hydroxylation sites is 1. The van der Waals surface area contributed by atoms with Gasteiger partial charge in [0.2, 0.25) is 0 Å². The van der Waals surface area contributed by atoms with Crippen molar-refractivity contribution in [2.75, 3.05) is 0 Å². The third kappa shape index (κ3) is 1.96.